The van der Waals surface area contributed by atoms with Gasteiger partial charge in [0.25, 0.3) is 5.91 Å². The Morgan fingerprint density at radius 2 is 1.91 bits per heavy atom. The molecule has 0 unspecified atom stereocenters. The molecule has 1 saturated carbocycles. The van der Waals surface area contributed by atoms with Crippen LogP contribution >= 0.6 is 0 Å². The van der Waals surface area contributed by atoms with Crippen molar-refractivity contribution in [3.63, 3.8) is 0 Å². The first kappa shape index (κ1) is 15.3. The number of hydrogen-bond acceptors (Lipinski definition) is 3. The maximum absolute atomic E-state index is 12.7. The van der Waals surface area contributed by atoms with Gasteiger partial charge >= 0.3 is 6.03 Å². The van der Waals surface area contributed by atoms with E-state index >= 15 is 0 Å². The highest BCUT2D eigenvalue weighted by Gasteiger charge is 2.51. The fourth-order valence-electron chi connectivity index (χ4n) is 4.01. The predicted molar refractivity (Wildman–Crippen MR) is 81.1 cm³/mol. The number of imide groups is 1. The maximum Gasteiger partial charge on any atom is 0.325 e. The molecule has 0 bridgehead atoms. The molecule has 2 aliphatic heterocycles. The Hall–Kier alpha value is -1.59. The number of carbonyl (C=O) groups is 3. The second kappa shape index (κ2) is 5.89. The van der Waals surface area contributed by atoms with Crippen LogP contribution in [0.2, 0.25) is 0 Å². The van der Waals surface area contributed by atoms with E-state index in [0.29, 0.717) is 12.8 Å². The molecule has 1 N–H and O–H groups in total. The second-order valence-electron chi connectivity index (χ2n) is 6.90. The lowest BCUT2D eigenvalue weighted by molar-refractivity contribution is -0.141. The number of piperidine rings is 1. The molecule has 2 heterocycles. The Balaban J connectivity index is 1.68. The molecule has 0 aromatic rings. The second-order valence-corrected chi connectivity index (χ2v) is 6.90. The molecule has 0 aromatic heterocycles. The summed E-state index contributed by atoms with van der Waals surface area (Å²) in [6, 6.07) is -0.199. The van der Waals surface area contributed by atoms with E-state index in [4.69, 9.17) is 0 Å². The molecule has 6 heteroatoms. The van der Waals surface area contributed by atoms with E-state index in [-0.39, 0.29) is 24.4 Å². The third kappa shape index (κ3) is 2.59. The SMILES string of the molecule is C[C@@H]1CCCCN1C(=O)CN1C(=O)NC2(CCCCC2)C1=O. The van der Waals surface area contributed by atoms with Crippen molar-refractivity contribution in [2.24, 2.45) is 0 Å². The van der Waals surface area contributed by atoms with E-state index in [1.165, 1.54) is 0 Å². The van der Waals surface area contributed by atoms with Crippen molar-refractivity contribution < 1.29 is 14.4 Å². The zero-order valence-corrected chi connectivity index (χ0v) is 13.3. The minimum atomic E-state index is -0.733. The first-order chi connectivity index (χ1) is 10.5. The fourth-order valence-corrected chi connectivity index (χ4v) is 4.01. The van der Waals surface area contributed by atoms with Gasteiger partial charge in [-0.15, -0.1) is 0 Å². The van der Waals surface area contributed by atoms with Gasteiger partial charge < -0.3 is 10.2 Å². The highest BCUT2D eigenvalue weighted by Crippen LogP contribution is 2.33. The van der Waals surface area contributed by atoms with E-state index in [1.807, 2.05) is 11.8 Å². The topological polar surface area (TPSA) is 69.7 Å². The molecule has 1 aliphatic carbocycles. The highest BCUT2D eigenvalue weighted by molar-refractivity contribution is 6.09. The molecule has 4 amide bonds. The van der Waals surface area contributed by atoms with E-state index in [9.17, 15) is 14.4 Å². The fraction of sp³-hybridized carbons (Fsp3) is 0.812. The Morgan fingerprint density at radius 1 is 1.18 bits per heavy atom. The zero-order valence-electron chi connectivity index (χ0n) is 13.3. The monoisotopic (exact) mass is 307 g/mol. The van der Waals surface area contributed by atoms with Crippen LogP contribution in [0.25, 0.3) is 0 Å². The Bertz CT molecular complexity index is 485. The number of hydrogen-bond donors (Lipinski definition) is 1. The standard InChI is InChI=1S/C16H25N3O3/c1-12-7-3-6-10-18(12)13(20)11-19-14(21)16(17-15(19)22)8-4-2-5-9-16/h12H,2-11H2,1H3,(H,17,22)/t12-/m1/s1. The summed E-state index contributed by atoms with van der Waals surface area (Å²) in [7, 11) is 0. The van der Waals surface area contributed by atoms with Crippen LogP contribution in [0.5, 0.6) is 0 Å². The molecule has 122 valence electrons. The van der Waals surface area contributed by atoms with Crippen LogP contribution < -0.4 is 5.32 Å². The van der Waals surface area contributed by atoms with Gasteiger partial charge in [0.1, 0.15) is 12.1 Å². The average Bonchev–Trinajstić information content (AvgIpc) is 2.73. The van der Waals surface area contributed by atoms with Crippen LogP contribution in [0.1, 0.15) is 58.3 Å². The molecule has 1 spiro atoms. The molecular formula is C16H25N3O3. The summed E-state index contributed by atoms with van der Waals surface area (Å²) in [5.74, 6) is -0.307. The van der Waals surface area contributed by atoms with Crippen LogP contribution in [0, 0.1) is 0 Å². The summed E-state index contributed by atoms with van der Waals surface area (Å²) in [6.07, 6.45) is 7.54. The van der Waals surface area contributed by atoms with Gasteiger partial charge in [-0.05, 0) is 39.0 Å². The summed E-state index contributed by atoms with van der Waals surface area (Å²) in [6.45, 7) is 2.65. The zero-order chi connectivity index (χ0) is 15.7. The van der Waals surface area contributed by atoms with E-state index in [1.54, 1.807) is 0 Å². The Kier molecular flexibility index (Phi) is 4.10. The molecule has 0 radical (unpaired) electrons. The van der Waals surface area contributed by atoms with Gasteiger partial charge in [-0.3, -0.25) is 14.5 Å². The number of likely N-dealkylation sites (tertiary alicyclic amines) is 1. The van der Waals surface area contributed by atoms with Crippen molar-refractivity contribution >= 4 is 17.8 Å². The summed E-state index contributed by atoms with van der Waals surface area (Å²) in [4.78, 5) is 40.3. The minimum absolute atomic E-state index is 0.108. The van der Waals surface area contributed by atoms with Crippen LogP contribution in [-0.2, 0) is 9.59 Å². The highest BCUT2D eigenvalue weighted by atomic mass is 16.2. The lowest BCUT2D eigenvalue weighted by Gasteiger charge is -2.34. The third-order valence-corrected chi connectivity index (χ3v) is 5.37. The number of carbonyl (C=O) groups excluding carboxylic acids is 3. The molecule has 1 atom stereocenters. The molecule has 3 rings (SSSR count). The van der Waals surface area contributed by atoms with Crippen molar-refractivity contribution in [2.75, 3.05) is 13.1 Å². The van der Waals surface area contributed by atoms with Crippen LogP contribution in [0.3, 0.4) is 0 Å². The molecular weight excluding hydrogens is 282 g/mol. The first-order valence-corrected chi connectivity index (χ1v) is 8.47. The summed E-state index contributed by atoms with van der Waals surface area (Å²) < 4.78 is 0. The van der Waals surface area contributed by atoms with E-state index < -0.39 is 11.6 Å². The Morgan fingerprint density at radius 3 is 2.59 bits per heavy atom. The lowest BCUT2D eigenvalue weighted by atomic mass is 9.82. The normalized spacial score (nSPS) is 28.1. The molecule has 2 saturated heterocycles. The van der Waals surface area contributed by atoms with Gasteiger partial charge in [0.2, 0.25) is 5.91 Å². The molecule has 6 nitrogen and oxygen atoms in total. The average molecular weight is 307 g/mol. The largest absolute Gasteiger partial charge is 0.338 e. The minimum Gasteiger partial charge on any atom is -0.338 e. The van der Waals surface area contributed by atoms with E-state index in [2.05, 4.69) is 5.32 Å². The van der Waals surface area contributed by atoms with Crippen LogP contribution in [-0.4, -0.2) is 52.3 Å². The van der Waals surface area contributed by atoms with Crippen molar-refractivity contribution in [3.05, 3.63) is 0 Å². The summed E-state index contributed by atoms with van der Waals surface area (Å²) in [5, 5.41) is 2.86. The Labute approximate surface area is 131 Å². The number of amides is 4. The molecule has 0 aromatic carbocycles. The van der Waals surface area contributed by atoms with Crippen molar-refractivity contribution in [1.82, 2.24) is 15.1 Å². The number of nitrogens with one attached hydrogen (secondary N) is 1. The number of nitrogens with zero attached hydrogens (tertiary/aromatic N) is 2. The van der Waals surface area contributed by atoms with Crippen molar-refractivity contribution in [3.8, 4) is 0 Å². The first-order valence-electron chi connectivity index (χ1n) is 8.47. The smallest absolute Gasteiger partial charge is 0.325 e. The quantitative estimate of drug-likeness (QED) is 0.789. The number of rotatable bonds is 2. The third-order valence-electron chi connectivity index (χ3n) is 5.37. The molecule has 3 aliphatic rings. The number of urea groups is 1. The maximum atomic E-state index is 12.7. The van der Waals surface area contributed by atoms with Gasteiger partial charge in [-0.25, -0.2) is 4.79 Å². The predicted octanol–water partition coefficient (Wildman–Crippen LogP) is 1.64. The van der Waals surface area contributed by atoms with E-state index in [0.717, 1.165) is 50.0 Å². The molecule has 22 heavy (non-hydrogen) atoms. The van der Waals surface area contributed by atoms with Gasteiger partial charge in [-0.2, -0.15) is 0 Å². The summed E-state index contributed by atoms with van der Waals surface area (Å²) >= 11 is 0. The van der Waals surface area contributed by atoms with Gasteiger partial charge in [0, 0.05) is 12.6 Å². The van der Waals surface area contributed by atoms with Crippen LogP contribution in [0.4, 0.5) is 4.79 Å². The molecule has 3 fully saturated rings. The lowest BCUT2D eigenvalue weighted by Crippen LogP contribution is -2.50. The van der Waals surface area contributed by atoms with Gasteiger partial charge in [0.15, 0.2) is 0 Å². The van der Waals surface area contributed by atoms with Crippen LogP contribution in [0.15, 0.2) is 0 Å². The van der Waals surface area contributed by atoms with Crippen molar-refractivity contribution in [2.45, 2.75) is 69.9 Å². The summed E-state index contributed by atoms with van der Waals surface area (Å²) in [5.41, 5.74) is -0.733. The van der Waals surface area contributed by atoms with Crippen molar-refractivity contribution in [1.29, 1.82) is 0 Å². The van der Waals surface area contributed by atoms with Gasteiger partial charge in [0.05, 0.1) is 0 Å². The van der Waals surface area contributed by atoms with Gasteiger partial charge in [-0.1, -0.05) is 19.3 Å².